The number of amides is 1. The first-order valence-corrected chi connectivity index (χ1v) is 9.45. The minimum Gasteiger partial charge on any atom is -0.452 e. The van der Waals surface area contributed by atoms with Gasteiger partial charge in [-0.1, -0.05) is 36.7 Å². The maximum atomic E-state index is 12.0. The van der Waals surface area contributed by atoms with Crippen LogP contribution in [0.5, 0.6) is 0 Å². The summed E-state index contributed by atoms with van der Waals surface area (Å²) >= 11 is 1.25. The number of carbonyl (C=O) groups is 2. The summed E-state index contributed by atoms with van der Waals surface area (Å²) in [5, 5.41) is 3.58. The molecule has 1 aliphatic rings. The Morgan fingerprint density at radius 2 is 2.00 bits per heavy atom. The van der Waals surface area contributed by atoms with E-state index in [-0.39, 0.29) is 17.7 Å². The van der Waals surface area contributed by atoms with Crippen LogP contribution in [0.1, 0.15) is 32.6 Å². The number of aromatic nitrogens is 2. The van der Waals surface area contributed by atoms with Crippen LogP contribution in [0.15, 0.2) is 35.5 Å². The fraction of sp³-hybridized carbons (Fsp3) is 0.444. The predicted molar refractivity (Wildman–Crippen MR) is 96.2 cm³/mol. The van der Waals surface area contributed by atoms with Crippen molar-refractivity contribution >= 4 is 34.7 Å². The lowest BCUT2D eigenvalue weighted by Gasteiger charge is -2.17. The number of nitrogens with one attached hydrogen (secondary N) is 1. The molecule has 0 bridgehead atoms. The van der Waals surface area contributed by atoms with Crippen LogP contribution in [0.25, 0.3) is 11.0 Å². The quantitative estimate of drug-likeness (QED) is 0.631. The van der Waals surface area contributed by atoms with E-state index in [1.165, 1.54) is 11.8 Å². The van der Waals surface area contributed by atoms with Gasteiger partial charge in [-0.05, 0) is 31.9 Å². The molecule has 1 heterocycles. The Kier molecular flexibility index (Phi) is 5.86. The van der Waals surface area contributed by atoms with E-state index in [1.807, 2.05) is 24.3 Å². The maximum Gasteiger partial charge on any atom is 0.317 e. The van der Waals surface area contributed by atoms with E-state index in [2.05, 4.69) is 15.3 Å². The second kappa shape index (κ2) is 8.29. The van der Waals surface area contributed by atoms with Gasteiger partial charge in [0.05, 0.1) is 23.0 Å². The SMILES string of the molecule is CC(OC(=O)CSc1cnc2ccccc2n1)C(=O)NC1CCCC1. The van der Waals surface area contributed by atoms with E-state index in [1.54, 1.807) is 13.1 Å². The number of ether oxygens (including phenoxy) is 1. The van der Waals surface area contributed by atoms with Crippen molar-refractivity contribution in [2.75, 3.05) is 5.75 Å². The highest BCUT2D eigenvalue weighted by Crippen LogP contribution is 2.19. The number of fused-ring (bicyclic) bond motifs is 1. The summed E-state index contributed by atoms with van der Waals surface area (Å²) in [5.41, 5.74) is 1.59. The molecule has 1 N–H and O–H groups in total. The molecule has 6 nitrogen and oxygen atoms in total. The topological polar surface area (TPSA) is 81.2 Å². The lowest BCUT2D eigenvalue weighted by Crippen LogP contribution is -2.41. The highest BCUT2D eigenvalue weighted by Gasteiger charge is 2.23. The molecule has 1 aliphatic carbocycles. The largest absolute Gasteiger partial charge is 0.452 e. The molecule has 1 aromatic carbocycles. The van der Waals surface area contributed by atoms with Crippen molar-refractivity contribution < 1.29 is 14.3 Å². The highest BCUT2D eigenvalue weighted by atomic mass is 32.2. The molecule has 0 saturated heterocycles. The molecule has 1 aromatic heterocycles. The minimum absolute atomic E-state index is 0.0913. The molecular weight excluding hydrogens is 338 g/mol. The average molecular weight is 359 g/mol. The molecule has 3 rings (SSSR count). The van der Waals surface area contributed by atoms with Crippen molar-refractivity contribution in [1.29, 1.82) is 0 Å². The van der Waals surface area contributed by atoms with E-state index in [0.717, 1.165) is 36.7 Å². The first kappa shape index (κ1) is 17.7. The molecule has 0 radical (unpaired) electrons. The Labute approximate surface area is 150 Å². The molecule has 1 atom stereocenters. The van der Waals surface area contributed by atoms with Crippen molar-refractivity contribution in [3.8, 4) is 0 Å². The van der Waals surface area contributed by atoms with E-state index in [9.17, 15) is 9.59 Å². The molecular formula is C18H21N3O3S. The monoisotopic (exact) mass is 359 g/mol. The van der Waals surface area contributed by atoms with Crippen LogP contribution >= 0.6 is 11.8 Å². The Hall–Kier alpha value is -2.15. The Balaban J connectivity index is 1.47. The molecule has 1 saturated carbocycles. The first-order chi connectivity index (χ1) is 12.1. The third-order valence-electron chi connectivity index (χ3n) is 4.14. The number of hydrogen-bond acceptors (Lipinski definition) is 6. The van der Waals surface area contributed by atoms with Crippen LogP contribution in [0.3, 0.4) is 0 Å². The third kappa shape index (κ3) is 4.92. The van der Waals surface area contributed by atoms with Crippen LogP contribution in [0.4, 0.5) is 0 Å². The zero-order valence-electron chi connectivity index (χ0n) is 14.1. The van der Waals surface area contributed by atoms with Gasteiger partial charge in [0.2, 0.25) is 0 Å². The molecule has 1 unspecified atom stereocenters. The summed E-state index contributed by atoms with van der Waals surface area (Å²) in [6.45, 7) is 1.60. The lowest BCUT2D eigenvalue weighted by atomic mass is 10.2. The van der Waals surface area contributed by atoms with E-state index in [4.69, 9.17) is 4.74 Å². The number of benzene rings is 1. The van der Waals surface area contributed by atoms with Gasteiger partial charge >= 0.3 is 5.97 Å². The van der Waals surface area contributed by atoms with Crippen LogP contribution in [0, 0.1) is 0 Å². The Morgan fingerprint density at radius 1 is 1.28 bits per heavy atom. The smallest absolute Gasteiger partial charge is 0.317 e. The number of rotatable bonds is 6. The Bertz CT molecular complexity index is 762. The molecule has 0 spiro atoms. The second-order valence-corrected chi connectivity index (χ2v) is 7.10. The van der Waals surface area contributed by atoms with Crippen molar-refractivity contribution in [3.05, 3.63) is 30.5 Å². The van der Waals surface area contributed by atoms with Crippen LogP contribution in [-0.2, 0) is 14.3 Å². The molecule has 25 heavy (non-hydrogen) atoms. The predicted octanol–water partition coefficient (Wildman–Crippen LogP) is 2.71. The van der Waals surface area contributed by atoms with Crippen LogP contribution in [0.2, 0.25) is 0 Å². The van der Waals surface area contributed by atoms with Gasteiger partial charge in [-0.15, -0.1) is 0 Å². The minimum atomic E-state index is -0.781. The molecule has 2 aromatic rings. The number of hydrogen-bond donors (Lipinski definition) is 1. The number of thioether (sulfide) groups is 1. The zero-order valence-corrected chi connectivity index (χ0v) is 14.9. The summed E-state index contributed by atoms with van der Waals surface area (Å²) in [4.78, 5) is 32.7. The highest BCUT2D eigenvalue weighted by molar-refractivity contribution is 7.99. The van der Waals surface area contributed by atoms with Crippen LogP contribution < -0.4 is 5.32 Å². The van der Waals surface area contributed by atoms with E-state index >= 15 is 0 Å². The van der Waals surface area contributed by atoms with Crippen molar-refractivity contribution in [3.63, 3.8) is 0 Å². The summed E-state index contributed by atoms with van der Waals surface area (Å²) in [5.74, 6) is -0.571. The number of nitrogens with zero attached hydrogens (tertiary/aromatic N) is 2. The van der Waals surface area contributed by atoms with Gasteiger partial charge in [0, 0.05) is 6.04 Å². The lowest BCUT2D eigenvalue weighted by molar-refractivity contribution is -0.152. The number of para-hydroxylation sites is 2. The maximum absolute atomic E-state index is 12.0. The summed E-state index contributed by atoms with van der Waals surface area (Å²) in [7, 11) is 0. The molecule has 132 valence electrons. The van der Waals surface area contributed by atoms with E-state index < -0.39 is 12.1 Å². The standard InChI is InChI=1S/C18H21N3O3S/c1-12(18(23)20-13-6-2-3-7-13)24-17(22)11-25-16-10-19-14-8-4-5-9-15(14)21-16/h4-5,8-10,12-13H,2-3,6-7,11H2,1H3,(H,20,23). The molecule has 1 fully saturated rings. The summed E-state index contributed by atoms with van der Waals surface area (Å²) in [6.07, 6.45) is 5.14. The molecule has 0 aliphatic heterocycles. The first-order valence-electron chi connectivity index (χ1n) is 8.46. The summed E-state index contributed by atoms with van der Waals surface area (Å²) in [6, 6.07) is 7.77. The van der Waals surface area contributed by atoms with Gasteiger partial charge in [-0.3, -0.25) is 14.6 Å². The van der Waals surface area contributed by atoms with Gasteiger partial charge in [0.15, 0.2) is 6.10 Å². The molecule has 1 amide bonds. The van der Waals surface area contributed by atoms with Crippen LogP contribution in [-0.4, -0.2) is 39.7 Å². The normalized spacial score (nSPS) is 15.9. The molecule has 7 heteroatoms. The van der Waals surface area contributed by atoms with Crippen molar-refractivity contribution in [2.45, 2.75) is 49.8 Å². The van der Waals surface area contributed by atoms with Gasteiger partial charge in [-0.2, -0.15) is 0 Å². The average Bonchev–Trinajstić information content (AvgIpc) is 3.12. The fourth-order valence-corrected chi connectivity index (χ4v) is 3.44. The van der Waals surface area contributed by atoms with Crippen molar-refractivity contribution in [2.24, 2.45) is 0 Å². The van der Waals surface area contributed by atoms with Gasteiger partial charge < -0.3 is 10.1 Å². The zero-order chi connectivity index (χ0) is 17.6. The summed E-state index contributed by atoms with van der Waals surface area (Å²) < 4.78 is 5.21. The van der Waals surface area contributed by atoms with Crippen molar-refractivity contribution in [1.82, 2.24) is 15.3 Å². The van der Waals surface area contributed by atoms with Gasteiger partial charge in [0.25, 0.3) is 5.91 Å². The third-order valence-corrected chi connectivity index (χ3v) is 5.02. The fourth-order valence-electron chi connectivity index (χ4n) is 2.82. The number of esters is 1. The van der Waals surface area contributed by atoms with Gasteiger partial charge in [0.1, 0.15) is 5.03 Å². The Morgan fingerprint density at radius 3 is 2.76 bits per heavy atom. The van der Waals surface area contributed by atoms with Gasteiger partial charge in [-0.25, -0.2) is 4.98 Å². The number of carbonyl (C=O) groups excluding carboxylic acids is 2. The van der Waals surface area contributed by atoms with E-state index in [0.29, 0.717) is 5.03 Å². The second-order valence-electron chi connectivity index (χ2n) is 6.11.